The summed E-state index contributed by atoms with van der Waals surface area (Å²) in [4.78, 5) is 4.34. The molecule has 0 fully saturated rings. The maximum Gasteiger partial charge on any atom is 0.219 e. The zero-order valence-corrected chi connectivity index (χ0v) is 11.7. The quantitative estimate of drug-likeness (QED) is 0.903. The monoisotopic (exact) mass is 275 g/mol. The van der Waals surface area contributed by atoms with Crippen molar-refractivity contribution < 1.29 is 14.2 Å². The van der Waals surface area contributed by atoms with Crippen molar-refractivity contribution >= 4 is 0 Å². The number of ether oxygens (including phenoxy) is 1. The minimum Gasteiger partial charge on any atom is -0.436 e. The maximum atomic E-state index is 13.9. The Hall–Kier alpha value is -1.94. The minimum atomic E-state index is -0.388. The van der Waals surface area contributed by atoms with Crippen LogP contribution in [0, 0.1) is 12.7 Å². The Morgan fingerprint density at radius 2 is 2.10 bits per heavy atom. The van der Waals surface area contributed by atoms with Gasteiger partial charge in [-0.2, -0.15) is 0 Å². The number of aromatic nitrogens is 1. The summed E-state index contributed by atoms with van der Waals surface area (Å²) in [6.07, 6.45) is 1.74. The molecule has 0 aliphatic carbocycles. The molecule has 1 aromatic heterocycles. The Morgan fingerprint density at radius 1 is 1.30 bits per heavy atom. The van der Waals surface area contributed by atoms with Gasteiger partial charge in [0.25, 0.3) is 0 Å². The van der Waals surface area contributed by atoms with Gasteiger partial charge in [-0.3, -0.25) is 0 Å². The van der Waals surface area contributed by atoms with E-state index < -0.39 is 0 Å². The molecule has 0 spiro atoms. The van der Waals surface area contributed by atoms with Gasteiger partial charge in [-0.1, -0.05) is 25.5 Å². The van der Waals surface area contributed by atoms with Crippen LogP contribution in [0.25, 0.3) is 0 Å². The molecular weight excluding hydrogens is 257 g/mol. The smallest absolute Gasteiger partial charge is 0.219 e. The SMILES string of the molecule is CCCc1cc(CO)cc(Oc2cccc(C)c2F)n1. The van der Waals surface area contributed by atoms with E-state index in [1.807, 2.05) is 13.0 Å². The fourth-order valence-electron chi connectivity index (χ4n) is 1.96. The number of hydrogen-bond donors (Lipinski definition) is 1. The number of aliphatic hydroxyl groups is 1. The van der Waals surface area contributed by atoms with Crippen molar-refractivity contribution in [3.8, 4) is 11.6 Å². The molecule has 0 bridgehead atoms. The molecule has 0 atom stereocenters. The van der Waals surface area contributed by atoms with Crippen molar-refractivity contribution in [3.63, 3.8) is 0 Å². The minimum absolute atomic E-state index is 0.0914. The molecule has 0 aliphatic heterocycles. The number of hydrogen-bond acceptors (Lipinski definition) is 3. The molecule has 1 N–H and O–H groups in total. The summed E-state index contributed by atoms with van der Waals surface area (Å²) in [5.41, 5.74) is 2.07. The van der Waals surface area contributed by atoms with Crippen LogP contribution in [-0.4, -0.2) is 10.1 Å². The number of pyridine rings is 1. The van der Waals surface area contributed by atoms with Crippen LogP contribution in [0.4, 0.5) is 4.39 Å². The van der Waals surface area contributed by atoms with Crippen molar-refractivity contribution in [1.29, 1.82) is 0 Å². The summed E-state index contributed by atoms with van der Waals surface area (Å²) in [7, 11) is 0. The van der Waals surface area contributed by atoms with Crippen LogP contribution in [0.15, 0.2) is 30.3 Å². The van der Waals surface area contributed by atoms with E-state index in [4.69, 9.17) is 4.74 Å². The summed E-state index contributed by atoms with van der Waals surface area (Å²) in [5, 5.41) is 9.26. The zero-order valence-electron chi connectivity index (χ0n) is 11.7. The summed E-state index contributed by atoms with van der Waals surface area (Å²) >= 11 is 0. The first-order chi connectivity index (χ1) is 9.63. The van der Waals surface area contributed by atoms with Gasteiger partial charge in [0.05, 0.1) is 6.61 Å². The molecule has 3 nitrogen and oxygen atoms in total. The largest absolute Gasteiger partial charge is 0.436 e. The van der Waals surface area contributed by atoms with Gasteiger partial charge in [-0.25, -0.2) is 9.37 Å². The van der Waals surface area contributed by atoms with Gasteiger partial charge in [-0.15, -0.1) is 0 Å². The number of aliphatic hydroxyl groups excluding tert-OH is 1. The van der Waals surface area contributed by atoms with E-state index in [2.05, 4.69) is 4.98 Å². The first-order valence-electron chi connectivity index (χ1n) is 6.67. The second-order valence-corrected chi connectivity index (χ2v) is 4.70. The van der Waals surface area contributed by atoms with Crippen molar-refractivity contribution in [1.82, 2.24) is 4.98 Å². The summed E-state index contributed by atoms with van der Waals surface area (Å²) in [5.74, 6) is 0.0697. The van der Waals surface area contributed by atoms with E-state index in [1.54, 1.807) is 31.2 Å². The summed E-state index contributed by atoms with van der Waals surface area (Å²) in [6.45, 7) is 3.64. The second-order valence-electron chi connectivity index (χ2n) is 4.70. The molecule has 2 aromatic rings. The van der Waals surface area contributed by atoms with E-state index in [-0.39, 0.29) is 18.2 Å². The van der Waals surface area contributed by atoms with Gasteiger partial charge < -0.3 is 9.84 Å². The summed E-state index contributed by atoms with van der Waals surface area (Å²) in [6, 6.07) is 8.44. The van der Waals surface area contributed by atoms with E-state index >= 15 is 0 Å². The third kappa shape index (κ3) is 3.33. The topological polar surface area (TPSA) is 42.4 Å². The summed E-state index contributed by atoms with van der Waals surface area (Å²) < 4.78 is 19.4. The molecule has 0 saturated heterocycles. The first kappa shape index (κ1) is 14.5. The molecule has 2 rings (SSSR count). The lowest BCUT2D eigenvalue weighted by Crippen LogP contribution is -1.98. The highest BCUT2D eigenvalue weighted by molar-refractivity contribution is 5.34. The predicted octanol–water partition coefficient (Wildman–Crippen LogP) is 3.77. The van der Waals surface area contributed by atoms with Crippen molar-refractivity contribution in [2.75, 3.05) is 0 Å². The standard InChI is InChI=1S/C16H18FNO2/c1-3-5-13-8-12(10-19)9-15(18-13)20-14-7-4-6-11(2)16(14)17/h4,6-9,19H,3,5,10H2,1-2H3. The van der Waals surface area contributed by atoms with Crippen LogP contribution < -0.4 is 4.74 Å². The third-order valence-corrected chi connectivity index (χ3v) is 2.97. The van der Waals surface area contributed by atoms with Gasteiger partial charge >= 0.3 is 0 Å². The van der Waals surface area contributed by atoms with Gasteiger partial charge in [-0.05, 0) is 36.6 Å². The molecule has 0 amide bonds. The van der Waals surface area contributed by atoms with Crippen molar-refractivity contribution in [2.24, 2.45) is 0 Å². The Balaban J connectivity index is 2.32. The Morgan fingerprint density at radius 3 is 2.80 bits per heavy atom. The second kappa shape index (κ2) is 6.48. The highest BCUT2D eigenvalue weighted by atomic mass is 19.1. The van der Waals surface area contributed by atoms with E-state index in [9.17, 15) is 9.50 Å². The normalized spacial score (nSPS) is 10.6. The van der Waals surface area contributed by atoms with E-state index in [1.165, 1.54) is 0 Å². The number of rotatable bonds is 5. The van der Waals surface area contributed by atoms with Gasteiger partial charge in [0.15, 0.2) is 11.6 Å². The average Bonchev–Trinajstić information content (AvgIpc) is 2.44. The molecule has 0 unspecified atom stereocenters. The highest BCUT2D eigenvalue weighted by Crippen LogP contribution is 2.26. The zero-order chi connectivity index (χ0) is 14.5. The van der Waals surface area contributed by atoms with Gasteiger partial charge in [0, 0.05) is 11.8 Å². The van der Waals surface area contributed by atoms with Crippen LogP contribution in [0.3, 0.4) is 0 Å². The molecular formula is C16H18FNO2. The van der Waals surface area contributed by atoms with E-state index in [0.717, 1.165) is 18.5 Å². The van der Waals surface area contributed by atoms with Crippen LogP contribution in [0.5, 0.6) is 11.6 Å². The fraction of sp³-hybridized carbons (Fsp3) is 0.312. The molecule has 1 aromatic carbocycles. The predicted molar refractivity (Wildman–Crippen MR) is 75.4 cm³/mol. The van der Waals surface area contributed by atoms with Crippen LogP contribution in [-0.2, 0) is 13.0 Å². The fourth-order valence-corrected chi connectivity index (χ4v) is 1.96. The number of aryl methyl sites for hydroxylation is 2. The van der Waals surface area contributed by atoms with Gasteiger partial charge in [0.1, 0.15) is 0 Å². The van der Waals surface area contributed by atoms with Crippen molar-refractivity contribution in [3.05, 3.63) is 53.0 Å². The first-order valence-corrected chi connectivity index (χ1v) is 6.67. The maximum absolute atomic E-state index is 13.9. The molecule has 20 heavy (non-hydrogen) atoms. The number of benzene rings is 1. The number of halogens is 1. The van der Waals surface area contributed by atoms with Crippen LogP contribution in [0.1, 0.15) is 30.2 Å². The molecule has 1 heterocycles. The molecule has 0 aliphatic rings. The van der Waals surface area contributed by atoms with Gasteiger partial charge in [0.2, 0.25) is 5.88 Å². The Bertz CT molecular complexity index is 599. The van der Waals surface area contributed by atoms with Crippen LogP contribution >= 0.6 is 0 Å². The molecule has 0 saturated carbocycles. The molecule has 0 radical (unpaired) electrons. The highest BCUT2D eigenvalue weighted by Gasteiger charge is 2.09. The number of nitrogens with zero attached hydrogens (tertiary/aromatic N) is 1. The lowest BCUT2D eigenvalue weighted by Gasteiger charge is -2.10. The lowest BCUT2D eigenvalue weighted by molar-refractivity contribution is 0.280. The third-order valence-electron chi connectivity index (χ3n) is 2.97. The Labute approximate surface area is 118 Å². The van der Waals surface area contributed by atoms with Crippen LogP contribution in [0.2, 0.25) is 0 Å². The van der Waals surface area contributed by atoms with Crippen molar-refractivity contribution in [2.45, 2.75) is 33.3 Å². The molecule has 4 heteroatoms. The Kier molecular flexibility index (Phi) is 4.69. The average molecular weight is 275 g/mol. The molecule has 106 valence electrons. The van der Waals surface area contributed by atoms with E-state index in [0.29, 0.717) is 17.0 Å². The lowest BCUT2D eigenvalue weighted by atomic mass is 10.2.